The van der Waals surface area contributed by atoms with E-state index in [1.54, 1.807) is 24.3 Å². The Bertz CT molecular complexity index is 398. The average molecular weight is 268 g/mol. The van der Waals surface area contributed by atoms with Crippen LogP contribution in [0.1, 0.15) is 24.5 Å². The number of carboxylic acid groups (broad SMARTS) is 1. The van der Waals surface area contributed by atoms with Gasteiger partial charge in [0.2, 0.25) is 0 Å². The molecule has 1 aliphatic rings. The third kappa shape index (κ3) is 3.40. The maximum absolute atomic E-state index is 10.6. The lowest BCUT2D eigenvalue weighted by Gasteiger charge is -2.22. The van der Waals surface area contributed by atoms with Gasteiger partial charge in [0.1, 0.15) is 11.9 Å². The number of aliphatic hydroxyl groups excluding tert-OH is 1. The predicted molar refractivity (Wildman–Crippen MR) is 70.0 cm³/mol. The molecule has 1 saturated heterocycles. The molecule has 0 aromatic heterocycles. The van der Waals surface area contributed by atoms with Gasteiger partial charge in [-0.2, -0.15) is 11.8 Å². The van der Waals surface area contributed by atoms with E-state index in [4.69, 9.17) is 9.84 Å². The molecule has 5 heteroatoms. The van der Waals surface area contributed by atoms with E-state index in [0.717, 1.165) is 17.9 Å². The zero-order valence-corrected chi connectivity index (χ0v) is 10.7. The number of thioether (sulfide) groups is 1. The van der Waals surface area contributed by atoms with Crippen LogP contribution in [0.3, 0.4) is 0 Å². The molecular formula is C13H16O4S. The van der Waals surface area contributed by atoms with Gasteiger partial charge in [-0.05, 0) is 36.3 Å². The molecule has 18 heavy (non-hydrogen) atoms. The summed E-state index contributed by atoms with van der Waals surface area (Å²) in [6.07, 6.45) is 1.00. The second-order valence-electron chi connectivity index (χ2n) is 4.27. The summed E-state index contributed by atoms with van der Waals surface area (Å²) in [7, 11) is 0. The second kappa shape index (κ2) is 6.11. The first-order valence-corrected chi connectivity index (χ1v) is 7.07. The summed E-state index contributed by atoms with van der Waals surface area (Å²) in [5.41, 5.74) is 0.368. The second-order valence-corrected chi connectivity index (χ2v) is 5.42. The Kier molecular flexibility index (Phi) is 4.49. The Balaban J connectivity index is 1.96. The van der Waals surface area contributed by atoms with Crippen LogP contribution in [-0.4, -0.2) is 33.8 Å². The van der Waals surface area contributed by atoms with Crippen molar-refractivity contribution >= 4 is 17.7 Å². The first-order valence-electron chi connectivity index (χ1n) is 5.92. The molecule has 0 spiro atoms. The van der Waals surface area contributed by atoms with Gasteiger partial charge >= 0.3 is 5.97 Å². The third-order valence-electron chi connectivity index (χ3n) is 2.85. The van der Waals surface area contributed by atoms with Crippen molar-refractivity contribution < 1.29 is 19.7 Å². The Labute approximate surface area is 110 Å². The number of carbonyl (C=O) groups is 1. The number of hydrogen-bond donors (Lipinski definition) is 2. The topological polar surface area (TPSA) is 66.8 Å². The van der Waals surface area contributed by atoms with Crippen LogP contribution in [0.2, 0.25) is 0 Å². The molecule has 2 N–H and O–H groups in total. The van der Waals surface area contributed by atoms with Crippen LogP contribution >= 0.6 is 11.8 Å². The molecule has 2 unspecified atom stereocenters. The van der Waals surface area contributed by atoms with Crippen molar-refractivity contribution in [3.63, 3.8) is 0 Å². The van der Waals surface area contributed by atoms with Crippen molar-refractivity contribution in [2.75, 3.05) is 11.5 Å². The Morgan fingerprint density at radius 2 is 2.11 bits per heavy atom. The van der Waals surface area contributed by atoms with E-state index in [2.05, 4.69) is 0 Å². The molecule has 1 fully saturated rings. The largest absolute Gasteiger partial charge is 0.490 e. The Morgan fingerprint density at radius 3 is 2.67 bits per heavy atom. The maximum Gasteiger partial charge on any atom is 0.337 e. The van der Waals surface area contributed by atoms with E-state index in [1.807, 2.05) is 11.8 Å². The number of hydrogen-bond acceptors (Lipinski definition) is 4. The fourth-order valence-corrected chi connectivity index (χ4v) is 2.90. The molecule has 2 atom stereocenters. The van der Waals surface area contributed by atoms with Gasteiger partial charge in [-0.1, -0.05) is 12.1 Å². The fourth-order valence-electron chi connectivity index (χ4n) is 1.87. The van der Waals surface area contributed by atoms with E-state index in [0.29, 0.717) is 5.56 Å². The minimum absolute atomic E-state index is 0.235. The molecule has 0 amide bonds. The lowest BCUT2D eigenvalue weighted by molar-refractivity contribution is -0.146. The molecule has 0 radical (unpaired) electrons. The predicted octanol–water partition coefficient (Wildman–Crippen LogP) is 2.08. The molecule has 0 aliphatic carbocycles. The summed E-state index contributed by atoms with van der Waals surface area (Å²) < 4.78 is 5.80. The number of aliphatic hydroxyl groups is 1. The highest BCUT2D eigenvalue weighted by Crippen LogP contribution is 2.24. The molecule has 0 saturated carbocycles. The normalized spacial score (nSPS) is 21.3. The highest BCUT2D eigenvalue weighted by molar-refractivity contribution is 7.99. The van der Waals surface area contributed by atoms with Gasteiger partial charge in [-0.3, -0.25) is 0 Å². The van der Waals surface area contributed by atoms with Crippen LogP contribution < -0.4 is 4.74 Å². The van der Waals surface area contributed by atoms with Gasteiger partial charge in [0.15, 0.2) is 6.10 Å². The molecule has 0 bridgehead atoms. The van der Waals surface area contributed by atoms with Gasteiger partial charge in [0.05, 0.1) is 0 Å². The van der Waals surface area contributed by atoms with Crippen LogP contribution in [0, 0.1) is 0 Å². The summed E-state index contributed by atoms with van der Waals surface area (Å²) in [5, 5.41) is 18.0. The lowest BCUT2D eigenvalue weighted by Crippen LogP contribution is -2.23. The highest BCUT2D eigenvalue weighted by Gasteiger charge is 2.17. The summed E-state index contributed by atoms with van der Waals surface area (Å²) in [4.78, 5) is 10.6. The van der Waals surface area contributed by atoms with Crippen molar-refractivity contribution in [2.45, 2.75) is 25.0 Å². The summed E-state index contributed by atoms with van der Waals surface area (Å²) >= 11 is 1.89. The van der Waals surface area contributed by atoms with Gasteiger partial charge in [-0.15, -0.1) is 0 Å². The standard InChI is InChI=1S/C13H16O4S/c14-12(13(15)16)9-3-5-10(6-4-9)17-11-2-1-7-18-8-11/h3-6,11-12,14H,1-2,7-8H2,(H,15,16). The van der Waals surface area contributed by atoms with Crippen molar-refractivity contribution in [3.05, 3.63) is 29.8 Å². The quantitative estimate of drug-likeness (QED) is 0.875. The number of benzene rings is 1. The molecular weight excluding hydrogens is 252 g/mol. The van der Waals surface area contributed by atoms with Crippen LogP contribution in [0.25, 0.3) is 0 Å². The lowest BCUT2D eigenvalue weighted by atomic mass is 10.1. The highest BCUT2D eigenvalue weighted by atomic mass is 32.2. The van der Waals surface area contributed by atoms with E-state index < -0.39 is 12.1 Å². The van der Waals surface area contributed by atoms with Crippen LogP contribution in [0.15, 0.2) is 24.3 Å². The number of rotatable bonds is 4. The zero-order valence-electron chi connectivity index (χ0n) is 9.91. The summed E-state index contributed by atoms with van der Waals surface area (Å²) in [6.45, 7) is 0. The molecule has 1 aliphatic heterocycles. The maximum atomic E-state index is 10.6. The van der Waals surface area contributed by atoms with Gasteiger partial charge in [0, 0.05) is 5.75 Å². The van der Waals surface area contributed by atoms with Crippen molar-refractivity contribution in [3.8, 4) is 5.75 Å². The van der Waals surface area contributed by atoms with E-state index in [9.17, 15) is 9.90 Å². The monoisotopic (exact) mass is 268 g/mol. The Morgan fingerprint density at radius 1 is 1.39 bits per heavy atom. The Hall–Kier alpha value is -1.20. The van der Waals surface area contributed by atoms with Crippen LogP contribution in [0.4, 0.5) is 0 Å². The summed E-state index contributed by atoms with van der Waals surface area (Å²) in [6, 6.07) is 6.59. The third-order valence-corrected chi connectivity index (χ3v) is 4.04. The number of aliphatic carboxylic acids is 1. The molecule has 98 valence electrons. The fraction of sp³-hybridized carbons (Fsp3) is 0.462. The van der Waals surface area contributed by atoms with E-state index >= 15 is 0 Å². The van der Waals surface area contributed by atoms with Crippen LogP contribution in [-0.2, 0) is 4.79 Å². The van der Waals surface area contributed by atoms with Gasteiger partial charge in [0.25, 0.3) is 0 Å². The number of ether oxygens (including phenoxy) is 1. The molecule has 1 aromatic rings. The molecule has 1 heterocycles. The molecule has 4 nitrogen and oxygen atoms in total. The van der Waals surface area contributed by atoms with Crippen molar-refractivity contribution in [1.29, 1.82) is 0 Å². The van der Waals surface area contributed by atoms with E-state index in [1.165, 1.54) is 12.2 Å². The minimum Gasteiger partial charge on any atom is -0.490 e. The minimum atomic E-state index is -1.47. The smallest absolute Gasteiger partial charge is 0.337 e. The first-order chi connectivity index (χ1) is 8.66. The van der Waals surface area contributed by atoms with Gasteiger partial charge in [-0.25, -0.2) is 4.79 Å². The van der Waals surface area contributed by atoms with Gasteiger partial charge < -0.3 is 14.9 Å². The number of carboxylic acids is 1. The molecule has 1 aromatic carbocycles. The average Bonchev–Trinajstić information content (AvgIpc) is 2.40. The first kappa shape index (κ1) is 13.2. The van der Waals surface area contributed by atoms with Crippen molar-refractivity contribution in [1.82, 2.24) is 0 Å². The molecule has 2 rings (SSSR count). The zero-order chi connectivity index (χ0) is 13.0. The SMILES string of the molecule is O=C(O)C(O)c1ccc(OC2CCCSC2)cc1. The summed E-state index contributed by atoms with van der Waals surface area (Å²) in [5.74, 6) is 1.68. The van der Waals surface area contributed by atoms with Crippen LogP contribution in [0.5, 0.6) is 5.75 Å². The van der Waals surface area contributed by atoms with Crippen molar-refractivity contribution in [2.24, 2.45) is 0 Å². The van der Waals surface area contributed by atoms with E-state index in [-0.39, 0.29) is 6.10 Å².